The van der Waals surface area contributed by atoms with Gasteiger partial charge in [-0.2, -0.15) is 10.2 Å². The molecule has 2 bridgehead atoms. The van der Waals surface area contributed by atoms with Crippen molar-refractivity contribution in [2.45, 2.75) is 69.4 Å². The number of aromatic amines is 1. The van der Waals surface area contributed by atoms with Gasteiger partial charge in [-0.05, 0) is 51.0 Å². The molecule has 4 saturated carbocycles. The van der Waals surface area contributed by atoms with E-state index in [9.17, 15) is 9.18 Å². The molecule has 34 heavy (non-hydrogen) atoms. The van der Waals surface area contributed by atoms with Crippen LogP contribution in [0.1, 0.15) is 55.1 Å². The first-order chi connectivity index (χ1) is 16.4. The second kappa shape index (κ2) is 7.93. The van der Waals surface area contributed by atoms with Gasteiger partial charge in [0.15, 0.2) is 11.6 Å². The first-order valence-electron chi connectivity index (χ1n) is 11.7. The van der Waals surface area contributed by atoms with E-state index in [1.165, 1.54) is 0 Å². The standard InChI is InChI=1S/C23H28FN7O3/c1-12-10-31-18(5-15(30-31)11-33-2)21(25-12)26-20-6-17(28-29-20)14-3-16(24)19(4-14)34-22(32)27-23-7-13(8-23)9-23/h5-6,10,13-14,16,19H,3-4,7-9,11H2,1-2H3,(H,27,32)(H2,25,26,28,29)/t13?,14-,16+,19-,23?/m0/s1. The number of H-pyrrole nitrogens is 1. The number of anilines is 2. The van der Waals surface area contributed by atoms with Crippen LogP contribution < -0.4 is 10.6 Å². The van der Waals surface area contributed by atoms with Crippen LogP contribution in [0.2, 0.25) is 0 Å². The average molecular weight is 470 g/mol. The molecule has 1 amide bonds. The lowest BCUT2D eigenvalue weighted by Gasteiger charge is -2.61. The van der Waals surface area contributed by atoms with Crippen molar-refractivity contribution in [2.24, 2.45) is 5.92 Å². The van der Waals surface area contributed by atoms with Crippen LogP contribution >= 0.6 is 0 Å². The molecule has 10 nitrogen and oxygen atoms in total. The molecule has 11 heteroatoms. The summed E-state index contributed by atoms with van der Waals surface area (Å²) in [5, 5.41) is 18.0. The molecule has 0 aromatic carbocycles. The fourth-order valence-corrected chi connectivity index (χ4v) is 5.54. The van der Waals surface area contributed by atoms with Crippen LogP contribution in [-0.4, -0.2) is 55.8 Å². The highest BCUT2D eigenvalue weighted by molar-refractivity contribution is 5.72. The minimum Gasteiger partial charge on any atom is -0.443 e. The predicted octanol–water partition coefficient (Wildman–Crippen LogP) is 3.51. The van der Waals surface area contributed by atoms with E-state index in [0.29, 0.717) is 24.7 Å². The Morgan fingerprint density at radius 3 is 2.88 bits per heavy atom. The summed E-state index contributed by atoms with van der Waals surface area (Å²) in [6.45, 7) is 2.30. The van der Waals surface area contributed by atoms with Crippen LogP contribution in [0.5, 0.6) is 0 Å². The number of hydrogen-bond acceptors (Lipinski definition) is 7. The molecule has 0 saturated heterocycles. The first-order valence-corrected chi connectivity index (χ1v) is 11.7. The maximum absolute atomic E-state index is 14.7. The summed E-state index contributed by atoms with van der Waals surface area (Å²) in [6, 6.07) is 3.77. The molecule has 0 aliphatic heterocycles. The number of alkyl carbamates (subject to hydrolysis) is 1. The summed E-state index contributed by atoms with van der Waals surface area (Å²) in [4.78, 5) is 16.8. The molecule has 3 atom stereocenters. The Hall–Kier alpha value is -3.21. The fraction of sp³-hybridized carbons (Fsp3) is 0.565. The molecular formula is C23H28FN7O3. The SMILES string of the molecule is COCc1cc2c(Nc3cc([C@H]4C[C@@H](F)[C@@H](OC(=O)NC56CC(C5)C6)C4)[nH]n3)nc(C)cn2n1. The van der Waals surface area contributed by atoms with Crippen molar-refractivity contribution in [1.82, 2.24) is 30.1 Å². The quantitative estimate of drug-likeness (QED) is 0.485. The number of halogens is 1. The number of nitrogens with one attached hydrogen (secondary N) is 3. The van der Waals surface area contributed by atoms with Gasteiger partial charge in [0.1, 0.15) is 17.8 Å². The summed E-state index contributed by atoms with van der Waals surface area (Å²) in [6.07, 6.45) is 3.16. The number of hydrogen-bond donors (Lipinski definition) is 3. The monoisotopic (exact) mass is 469 g/mol. The third kappa shape index (κ3) is 3.77. The second-order valence-electron chi connectivity index (χ2n) is 9.97. The minimum atomic E-state index is -1.20. The number of carbonyl (C=O) groups is 1. The molecule has 0 spiro atoms. The Kier molecular flexibility index (Phi) is 4.98. The molecule has 0 radical (unpaired) electrons. The summed E-state index contributed by atoms with van der Waals surface area (Å²) >= 11 is 0. The normalized spacial score (nSPS) is 29.5. The van der Waals surface area contributed by atoms with Gasteiger partial charge < -0.3 is 20.1 Å². The van der Waals surface area contributed by atoms with Gasteiger partial charge in [0, 0.05) is 30.3 Å². The molecule has 7 rings (SSSR count). The molecular weight excluding hydrogens is 441 g/mol. The lowest BCUT2D eigenvalue weighted by Crippen LogP contribution is -2.68. The maximum atomic E-state index is 14.7. The summed E-state index contributed by atoms with van der Waals surface area (Å²) in [5.41, 5.74) is 3.11. The number of methoxy groups -OCH3 is 1. The molecule has 0 unspecified atom stereocenters. The number of alkyl halides is 1. The number of fused-ring (bicyclic) bond motifs is 1. The molecule has 3 N–H and O–H groups in total. The largest absolute Gasteiger partial charge is 0.443 e. The van der Waals surface area contributed by atoms with Crippen molar-refractivity contribution < 1.29 is 18.7 Å². The van der Waals surface area contributed by atoms with E-state index in [2.05, 4.69) is 30.9 Å². The smallest absolute Gasteiger partial charge is 0.407 e. The average Bonchev–Trinajstić information content (AvgIpc) is 3.43. The Balaban J connectivity index is 1.12. The highest BCUT2D eigenvalue weighted by atomic mass is 19.1. The number of nitrogens with zero attached hydrogens (tertiary/aromatic N) is 4. The van der Waals surface area contributed by atoms with Crippen LogP contribution in [0, 0.1) is 12.8 Å². The lowest BCUT2D eigenvalue weighted by molar-refractivity contribution is -0.0530. The topological polar surface area (TPSA) is 118 Å². The predicted molar refractivity (Wildman–Crippen MR) is 121 cm³/mol. The van der Waals surface area contributed by atoms with Gasteiger partial charge in [-0.25, -0.2) is 18.7 Å². The van der Waals surface area contributed by atoms with Gasteiger partial charge in [-0.3, -0.25) is 5.10 Å². The van der Waals surface area contributed by atoms with Crippen molar-refractivity contribution in [1.29, 1.82) is 0 Å². The number of carbonyl (C=O) groups excluding carboxylic acids is 1. The third-order valence-electron chi connectivity index (χ3n) is 7.30. The van der Waals surface area contributed by atoms with Crippen molar-refractivity contribution >= 4 is 23.2 Å². The highest BCUT2D eigenvalue weighted by Crippen LogP contribution is 2.57. The van der Waals surface area contributed by atoms with Crippen molar-refractivity contribution in [2.75, 3.05) is 12.4 Å². The number of rotatable bonds is 7. The zero-order chi connectivity index (χ0) is 23.4. The molecule has 3 heterocycles. The van der Waals surface area contributed by atoms with Gasteiger partial charge >= 0.3 is 6.09 Å². The Labute approximate surface area is 195 Å². The number of aryl methyl sites for hydroxylation is 1. The number of amides is 1. The molecule has 4 fully saturated rings. The van der Waals surface area contributed by atoms with E-state index in [4.69, 9.17) is 9.47 Å². The zero-order valence-electron chi connectivity index (χ0n) is 19.2. The molecule has 180 valence electrons. The molecule has 4 aliphatic rings. The van der Waals surface area contributed by atoms with Gasteiger partial charge in [0.05, 0.1) is 24.2 Å². The number of ether oxygens (including phenoxy) is 2. The van der Waals surface area contributed by atoms with Crippen LogP contribution in [0.25, 0.3) is 5.52 Å². The summed E-state index contributed by atoms with van der Waals surface area (Å²) in [5.74, 6) is 1.83. The van der Waals surface area contributed by atoms with E-state index in [0.717, 1.165) is 47.8 Å². The van der Waals surface area contributed by atoms with E-state index >= 15 is 0 Å². The fourth-order valence-electron chi connectivity index (χ4n) is 5.54. The molecule has 3 aromatic heterocycles. The van der Waals surface area contributed by atoms with Gasteiger partial charge in [-0.15, -0.1) is 0 Å². The Morgan fingerprint density at radius 2 is 2.15 bits per heavy atom. The van der Waals surface area contributed by atoms with Crippen molar-refractivity contribution in [3.05, 3.63) is 35.4 Å². The van der Waals surface area contributed by atoms with Crippen LogP contribution in [0.4, 0.5) is 20.8 Å². The van der Waals surface area contributed by atoms with E-state index in [-0.39, 0.29) is 17.9 Å². The zero-order valence-corrected chi connectivity index (χ0v) is 19.2. The van der Waals surface area contributed by atoms with E-state index in [1.54, 1.807) is 11.6 Å². The second-order valence-corrected chi connectivity index (χ2v) is 9.97. The van der Waals surface area contributed by atoms with E-state index < -0.39 is 18.4 Å². The maximum Gasteiger partial charge on any atom is 0.407 e. The summed E-state index contributed by atoms with van der Waals surface area (Å²) in [7, 11) is 1.63. The third-order valence-corrected chi connectivity index (χ3v) is 7.30. The number of aromatic nitrogens is 5. The first kappa shape index (κ1) is 21.3. The van der Waals surface area contributed by atoms with Crippen molar-refractivity contribution in [3.8, 4) is 0 Å². The van der Waals surface area contributed by atoms with E-state index in [1.807, 2.05) is 25.3 Å². The Bertz CT molecular complexity index is 1220. The minimum absolute atomic E-state index is 0.0788. The van der Waals surface area contributed by atoms with Crippen LogP contribution in [0.3, 0.4) is 0 Å². The highest BCUT2D eigenvalue weighted by Gasteiger charge is 2.58. The van der Waals surface area contributed by atoms with Gasteiger partial charge in [-0.1, -0.05) is 0 Å². The molecule has 4 aliphatic carbocycles. The van der Waals surface area contributed by atoms with Crippen LogP contribution in [0.15, 0.2) is 18.3 Å². The van der Waals surface area contributed by atoms with Crippen LogP contribution in [-0.2, 0) is 16.1 Å². The van der Waals surface area contributed by atoms with Crippen molar-refractivity contribution in [3.63, 3.8) is 0 Å². The van der Waals surface area contributed by atoms with Gasteiger partial charge in [0.25, 0.3) is 0 Å². The lowest BCUT2D eigenvalue weighted by atomic mass is 9.50. The molecule has 3 aromatic rings. The van der Waals surface area contributed by atoms with Gasteiger partial charge in [0.2, 0.25) is 0 Å². The Morgan fingerprint density at radius 1 is 1.32 bits per heavy atom. The summed E-state index contributed by atoms with van der Waals surface area (Å²) < 4.78 is 27.1.